The Morgan fingerprint density at radius 2 is 1.73 bits per heavy atom. The number of halogens is 3. The molecule has 1 aliphatic rings. The van der Waals surface area contributed by atoms with Crippen molar-refractivity contribution in [2.75, 3.05) is 33.2 Å². The number of likely N-dealkylation sites (N-methyl/N-ethyl adjacent to an activating group) is 1. The Balaban J connectivity index is 2.50. The van der Waals surface area contributed by atoms with E-state index in [1.165, 1.54) is 29.6 Å². The van der Waals surface area contributed by atoms with Gasteiger partial charge in [0, 0.05) is 45.0 Å². The third-order valence-electron chi connectivity index (χ3n) is 4.19. The molecule has 0 aliphatic carbocycles. The van der Waals surface area contributed by atoms with Crippen molar-refractivity contribution in [2.45, 2.75) is 19.1 Å². The predicted octanol–water partition coefficient (Wildman–Crippen LogP) is 1.25. The van der Waals surface area contributed by atoms with Crippen molar-refractivity contribution < 1.29 is 18.3 Å². The van der Waals surface area contributed by atoms with Crippen LogP contribution in [0.3, 0.4) is 0 Å². The molecular weight excluding hydrogens is 299 g/mol. The molecule has 1 N–H and O–H groups in total. The van der Waals surface area contributed by atoms with Crippen LogP contribution in [0.25, 0.3) is 0 Å². The Bertz CT molecular complexity index is 605. The number of hydrogen-bond donors (Lipinski definition) is 1. The second kappa shape index (κ2) is 5.92. The zero-order valence-corrected chi connectivity index (χ0v) is 12.8. The normalized spacial score (nSPS) is 19.4. The number of pyridine rings is 1. The third-order valence-corrected chi connectivity index (χ3v) is 4.19. The average molecular weight is 319 g/mol. The summed E-state index contributed by atoms with van der Waals surface area (Å²) < 4.78 is 42.0. The van der Waals surface area contributed by atoms with E-state index in [1.54, 1.807) is 0 Å². The SMILES string of the molecule is Cc1c(O)c(=O)c([C@@H](N2CCN(C)CC2)C(F)(F)F)cn1C. The Hall–Kier alpha value is -1.54. The summed E-state index contributed by atoms with van der Waals surface area (Å²) in [7, 11) is 3.35. The molecule has 1 fully saturated rings. The van der Waals surface area contributed by atoms with Crippen molar-refractivity contribution in [1.29, 1.82) is 0 Å². The van der Waals surface area contributed by atoms with Gasteiger partial charge in [-0.1, -0.05) is 0 Å². The Morgan fingerprint density at radius 1 is 1.18 bits per heavy atom. The summed E-state index contributed by atoms with van der Waals surface area (Å²) in [5, 5.41) is 9.80. The minimum absolute atomic E-state index is 0.221. The zero-order valence-electron chi connectivity index (χ0n) is 12.8. The molecule has 22 heavy (non-hydrogen) atoms. The summed E-state index contributed by atoms with van der Waals surface area (Å²) in [5.74, 6) is -0.622. The Morgan fingerprint density at radius 3 is 2.23 bits per heavy atom. The first kappa shape index (κ1) is 16.8. The van der Waals surface area contributed by atoms with E-state index in [1.807, 2.05) is 11.9 Å². The van der Waals surface area contributed by atoms with Gasteiger partial charge in [0.05, 0.1) is 5.69 Å². The number of hydrogen-bond acceptors (Lipinski definition) is 4. The molecule has 0 saturated carbocycles. The zero-order chi connectivity index (χ0) is 16.7. The van der Waals surface area contributed by atoms with Crippen LogP contribution in [-0.2, 0) is 7.05 Å². The molecule has 1 saturated heterocycles. The molecule has 1 atom stereocenters. The van der Waals surface area contributed by atoms with Crippen molar-refractivity contribution in [3.05, 3.63) is 27.7 Å². The minimum atomic E-state index is -4.58. The molecule has 0 bridgehead atoms. The summed E-state index contributed by atoms with van der Waals surface area (Å²) in [6.07, 6.45) is -3.41. The van der Waals surface area contributed by atoms with E-state index in [9.17, 15) is 23.1 Å². The van der Waals surface area contributed by atoms with Gasteiger partial charge < -0.3 is 14.6 Å². The second-order valence-electron chi connectivity index (χ2n) is 5.74. The van der Waals surface area contributed by atoms with Crippen LogP contribution in [0.15, 0.2) is 11.0 Å². The molecule has 1 aliphatic heterocycles. The lowest BCUT2D eigenvalue weighted by atomic mass is 10.0. The van der Waals surface area contributed by atoms with Crippen molar-refractivity contribution in [3.63, 3.8) is 0 Å². The third kappa shape index (κ3) is 3.12. The van der Waals surface area contributed by atoms with E-state index in [0.717, 1.165) is 0 Å². The number of aromatic nitrogens is 1. The smallest absolute Gasteiger partial charge is 0.408 e. The van der Waals surface area contributed by atoms with E-state index < -0.39 is 29.0 Å². The van der Waals surface area contributed by atoms with Crippen LogP contribution < -0.4 is 5.43 Å². The molecule has 0 spiro atoms. The molecule has 0 aromatic carbocycles. The Kier molecular flexibility index (Phi) is 4.53. The van der Waals surface area contributed by atoms with Gasteiger partial charge in [0.15, 0.2) is 5.75 Å². The van der Waals surface area contributed by atoms with Gasteiger partial charge in [-0.25, -0.2) is 0 Å². The highest BCUT2D eigenvalue weighted by Crippen LogP contribution is 2.37. The number of rotatable bonds is 2. The average Bonchev–Trinajstić information content (AvgIpc) is 2.43. The van der Waals surface area contributed by atoms with Crippen molar-refractivity contribution in [1.82, 2.24) is 14.4 Å². The quantitative estimate of drug-likeness (QED) is 0.891. The first-order chi connectivity index (χ1) is 10.1. The summed E-state index contributed by atoms with van der Waals surface area (Å²) in [4.78, 5) is 15.3. The number of nitrogens with zero attached hydrogens (tertiary/aromatic N) is 3. The van der Waals surface area contributed by atoms with Gasteiger partial charge >= 0.3 is 6.18 Å². The summed E-state index contributed by atoms with van der Waals surface area (Å²) >= 11 is 0. The first-order valence-corrected chi connectivity index (χ1v) is 7.01. The predicted molar refractivity (Wildman–Crippen MR) is 76.0 cm³/mol. The van der Waals surface area contributed by atoms with Crippen LogP contribution in [0, 0.1) is 6.92 Å². The molecule has 0 radical (unpaired) electrons. The van der Waals surface area contributed by atoms with E-state index in [0.29, 0.717) is 13.1 Å². The fraction of sp³-hybridized carbons (Fsp3) is 0.643. The van der Waals surface area contributed by atoms with Gasteiger partial charge in [0.2, 0.25) is 5.43 Å². The standard InChI is InChI=1S/C14H20F3N3O2/c1-9-11(21)12(22)10(8-19(9)3)13(14(15,16)17)20-6-4-18(2)5-7-20/h8,13,21H,4-7H2,1-3H3/t13-/m1/s1. The van der Waals surface area contributed by atoms with E-state index in [-0.39, 0.29) is 18.8 Å². The van der Waals surface area contributed by atoms with Gasteiger partial charge in [-0.2, -0.15) is 13.2 Å². The lowest BCUT2D eigenvalue weighted by molar-refractivity contribution is -0.190. The fourth-order valence-electron chi connectivity index (χ4n) is 2.69. The van der Waals surface area contributed by atoms with Gasteiger partial charge in [-0.15, -0.1) is 0 Å². The number of alkyl halides is 3. The maximum absolute atomic E-state index is 13.5. The molecule has 1 aromatic heterocycles. The molecule has 2 heterocycles. The van der Waals surface area contributed by atoms with Crippen LogP contribution in [-0.4, -0.2) is 58.9 Å². The van der Waals surface area contributed by atoms with E-state index in [2.05, 4.69) is 0 Å². The highest BCUT2D eigenvalue weighted by molar-refractivity contribution is 5.33. The van der Waals surface area contributed by atoms with Gasteiger partial charge in [0.1, 0.15) is 6.04 Å². The maximum Gasteiger partial charge on any atom is 0.408 e. The van der Waals surface area contributed by atoms with E-state index >= 15 is 0 Å². The van der Waals surface area contributed by atoms with Gasteiger partial charge in [-0.3, -0.25) is 9.69 Å². The highest BCUT2D eigenvalue weighted by atomic mass is 19.4. The van der Waals surface area contributed by atoms with Crippen LogP contribution in [0.2, 0.25) is 0 Å². The molecule has 124 valence electrons. The summed E-state index contributed by atoms with van der Waals surface area (Å²) in [5.41, 5.74) is -1.13. The summed E-state index contributed by atoms with van der Waals surface area (Å²) in [6, 6.07) is -1.99. The largest absolute Gasteiger partial charge is 0.503 e. The molecular formula is C14H20F3N3O2. The van der Waals surface area contributed by atoms with E-state index in [4.69, 9.17) is 0 Å². The Labute approximate surface area is 126 Å². The lowest BCUT2D eigenvalue weighted by Crippen LogP contribution is -2.50. The molecule has 5 nitrogen and oxygen atoms in total. The van der Waals surface area contributed by atoms with Crippen molar-refractivity contribution in [3.8, 4) is 5.75 Å². The summed E-state index contributed by atoms with van der Waals surface area (Å²) in [6.45, 7) is 2.94. The second-order valence-corrected chi connectivity index (χ2v) is 5.74. The fourth-order valence-corrected chi connectivity index (χ4v) is 2.69. The van der Waals surface area contributed by atoms with Crippen LogP contribution in [0.4, 0.5) is 13.2 Å². The van der Waals surface area contributed by atoms with Crippen LogP contribution in [0.5, 0.6) is 5.75 Å². The van der Waals surface area contributed by atoms with Gasteiger partial charge in [-0.05, 0) is 14.0 Å². The molecule has 1 aromatic rings. The monoisotopic (exact) mass is 319 g/mol. The number of aromatic hydroxyl groups is 1. The van der Waals surface area contributed by atoms with Crippen molar-refractivity contribution >= 4 is 0 Å². The topological polar surface area (TPSA) is 48.7 Å². The minimum Gasteiger partial charge on any atom is -0.503 e. The van der Waals surface area contributed by atoms with Crippen LogP contribution in [0.1, 0.15) is 17.3 Å². The number of aryl methyl sites for hydroxylation is 1. The van der Waals surface area contributed by atoms with Crippen molar-refractivity contribution in [2.24, 2.45) is 7.05 Å². The maximum atomic E-state index is 13.5. The molecule has 2 rings (SSSR count). The first-order valence-electron chi connectivity index (χ1n) is 7.01. The number of piperazine rings is 1. The highest BCUT2D eigenvalue weighted by Gasteiger charge is 2.47. The molecule has 0 amide bonds. The molecule has 0 unspecified atom stereocenters. The van der Waals surface area contributed by atoms with Crippen LogP contribution >= 0.6 is 0 Å². The lowest BCUT2D eigenvalue weighted by Gasteiger charge is -2.38. The molecule has 8 heteroatoms. The van der Waals surface area contributed by atoms with Gasteiger partial charge in [0.25, 0.3) is 0 Å².